The van der Waals surface area contributed by atoms with Crippen LogP contribution < -0.4 is 10.6 Å². The van der Waals surface area contributed by atoms with Crippen LogP contribution in [0.4, 0.5) is 4.79 Å². The van der Waals surface area contributed by atoms with Crippen LogP contribution >= 0.6 is 11.3 Å². The molecule has 1 fully saturated rings. The highest BCUT2D eigenvalue weighted by Crippen LogP contribution is 2.25. The number of hydrogen-bond acceptors (Lipinski definition) is 5. The normalized spacial score (nSPS) is 14.5. The van der Waals surface area contributed by atoms with Gasteiger partial charge in [0.2, 0.25) is 0 Å². The number of rotatable bonds is 4. The van der Waals surface area contributed by atoms with E-state index < -0.39 is 24.5 Å². The third-order valence-electron chi connectivity index (χ3n) is 3.90. The van der Waals surface area contributed by atoms with Crippen LogP contribution in [0.3, 0.4) is 0 Å². The van der Waals surface area contributed by atoms with Gasteiger partial charge in [-0.1, -0.05) is 31.0 Å². The summed E-state index contributed by atoms with van der Waals surface area (Å²) in [6.07, 6.45) is 4.04. The summed E-state index contributed by atoms with van der Waals surface area (Å²) < 4.78 is 5.95. The number of fused-ring (bicyclic) bond motifs is 1. The Labute approximate surface area is 143 Å². The highest BCUT2D eigenvalue weighted by Gasteiger charge is 2.19. The minimum atomic E-state index is -0.639. The first kappa shape index (κ1) is 16.4. The van der Waals surface area contributed by atoms with Gasteiger partial charge in [0.1, 0.15) is 4.88 Å². The van der Waals surface area contributed by atoms with Crippen LogP contribution in [0, 0.1) is 0 Å². The Hall–Kier alpha value is -2.41. The quantitative estimate of drug-likeness (QED) is 0.834. The molecule has 1 aromatic carbocycles. The first-order chi connectivity index (χ1) is 11.6. The monoisotopic (exact) mass is 346 g/mol. The molecule has 2 aromatic rings. The molecule has 6 nitrogen and oxygen atoms in total. The Morgan fingerprint density at radius 3 is 2.67 bits per heavy atom. The molecule has 0 aliphatic heterocycles. The van der Waals surface area contributed by atoms with Crippen LogP contribution in [0.2, 0.25) is 0 Å². The Balaban J connectivity index is 1.46. The second-order valence-corrected chi connectivity index (χ2v) is 6.81. The number of benzene rings is 1. The van der Waals surface area contributed by atoms with Crippen LogP contribution in [-0.2, 0) is 9.53 Å². The summed E-state index contributed by atoms with van der Waals surface area (Å²) in [7, 11) is 0. The number of thiophene rings is 1. The molecule has 0 unspecified atom stereocenters. The van der Waals surface area contributed by atoms with E-state index in [1.54, 1.807) is 6.07 Å². The van der Waals surface area contributed by atoms with Crippen molar-refractivity contribution < 1.29 is 19.1 Å². The zero-order valence-corrected chi connectivity index (χ0v) is 13.9. The fourth-order valence-corrected chi connectivity index (χ4v) is 3.70. The van der Waals surface area contributed by atoms with E-state index in [9.17, 15) is 14.4 Å². The van der Waals surface area contributed by atoms with Gasteiger partial charge in [0, 0.05) is 10.7 Å². The third kappa shape index (κ3) is 4.11. The van der Waals surface area contributed by atoms with Crippen molar-refractivity contribution in [1.82, 2.24) is 10.6 Å². The van der Waals surface area contributed by atoms with Crippen molar-refractivity contribution in [3.63, 3.8) is 0 Å². The number of ether oxygens (including phenoxy) is 1. The van der Waals surface area contributed by atoms with Gasteiger partial charge in [0.25, 0.3) is 5.91 Å². The Kier molecular flexibility index (Phi) is 5.10. The molecule has 0 atom stereocenters. The van der Waals surface area contributed by atoms with Crippen LogP contribution in [0.15, 0.2) is 30.3 Å². The smallest absolute Gasteiger partial charge is 0.348 e. The van der Waals surface area contributed by atoms with Gasteiger partial charge in [0.15, 0.2) is 6.61 Å². The summed E-state index contributed by atoms with van der Waals surface area (Å²) in [4.78, 5) is 35.8. The maximum absolute atomic E-state index is 12.0. The van der Waals surface area contributed by atoms with E-state index in [0.29, 0.717) is 4.88 Å². The summed E-state index contributed by atoms with van der Waals surface area (Å²) in [6.45, 7) is -0.481. The molecular weight excluding hydrogens is 328 g/mol. The first-order valence-corrected chi connectivity index (χ1v) is 8.69. The predicted octanol–water partition coefficient (Wildman–Crippen LogP) is 2.83. The Morgan fingerprint density at radius 2 is 1.92 bits per heavy atom. The molecule has 3 amide bonds. The molecule has 0 saturated heterocycles. The zero-order valence-electron chi connectivity index (χ0n) is 13.0. The van der Waals surface area contributed by atoms with Gasteiger partial charge in [-0.25, -0.2) is 9.59 Å². The lowest BCUT2D eigenvalue weighted by Gasteiger charge is -2.12. The van der Waals surface area contributed by atoms with E-state index in [-0.39, 0.29) is 6.04 Å². The van der Waals surface area contributed by atoms with Gasteiger partial charge in [-0.05, 0) is 30.4 Å². The molecule has 1 aromatic heterocycles. The number of nitrogens with one attached hydrogen (secondary N) is 2. The average molecular weight is 346 g/mol. The van der Waals surface area contributed by atoms with Crippen LogP contribution in [0.5, 0.6) is 0 Å². The van der Waals surface area contributed by atoms with Gasteiger partial charge in [0.05, 0.1) is 0 Å². The standard InChI is InChI=1S/C17H18N2O4S/c20-15(19-17(22)18-12-6-2-3-7-12)10-23-16(21)14-9-11-5-1-4-8-13(11)24-14/h1,4-5,8-9,12H,2-3,6-7,10H2,(H2,18,19,20,22). The molecule has 1 heterocycles. The van der Waals surface area contributed by atoms with Gasteiger partial charge in [-0.3, -0.25) is 10.1 Å². The van der Waals surface area contributed by atoms with Crippen molar-refractivity contribution in [2.45, 2.75) is 31.7 Å². The lowest BCUT2D eigenvalue weighted by atomic mass is 10.2. The van der Waals surface area contributed by atoms with Gasteiger partial charge < -0.3 is 10.1 Å². The number of amides is 3. The van der Waals surface area contributed by atoms with Crippen molar-refractivity contribution in [2.24, 2.45) is 0 Å². The average Bonchev–Trinajstić information content (AvgIpc) is 3.21. The minimum Gasteiger partial charge on any atom is -0.451 e. The minimum absolute atomic E-state index is 0.124. The second kappa shape index (κ2) is 7.44. The number of carbonyl (C=O) groups excluding carboxylic acids is 3. The predicted molar refractivity (Wildman–Crippen MR) is 91.0 cm³/mol. The Morgan fingerprint density at radius 1 is 1.17 bits per heavy atom. The number of carbonyl (C=O) groups is 3. The Bertz CT molecular complexity index is 732. The molecule has 3 rings (SSSR count). The van der Waals surface area contributed by atoms with Crippen LogP contribution in [-0.4, -0.2) is 30.6 Å². The van der Waals surface area contributed by atoms with E-state index >= 15 is 0 Å². The van der Waals surface area contributed by atoms with Crippen LogP contribution in [0.25, 0.3) is 10.1 Å². The molecule has 126 valence electrons. The maximum atomic E-state index is 12.0. The van der Waals surface area contributed by atoms with E-state index in [0.717, 1.165) is 35.8 Å². The maximum Gasteiger partial charge on any atom is 0.348 e. The lowest BCUT2D eigenvalue weighted by Crippen LogP contribution is -2.44. The summed E-state index contributed by atoms with van der Waals surface area (Å²) in [5.41, 5.74) is 0. The SMILES string of the molecule is O=C(COC(=O)c1cc2ccccc2s1)NC(=O)NC1CCCC1. The number of urea groups is 1. The van der Waals surface area contributed by atoms with Crippen molar-refractivity contribution in [3.05, 3.63) is 35.2 Å². The molecular formula is C17H18N2O4S. The van der Waals surface area contributed by atoms with Gasteiger partial charge >= 0.3 is 12.0 Å². The molecule has 0 bridgehead atoms. The third-order valence-corrected chi connectivity index (χ3v) is 5.00. The highest BCUT2D eigenvalue weighted by atomic mass is 32.1. The number of esters is 1. The van der Waals surface area contributed by atoms with E-state index in [2.05, 4.69) is 10.6 Å². The van der Waals surface area contributed by atoms with Crippen molar-refractivity contribution in [1.29, 1.82) is 0 Å². The molecule has 2 N–H and O–H groups in total. The molecule has 1 saturated carbocycles. The molecule has 1 aliphatic rings. The van der Waals surface area contributed by atoms with E-state index in [4.69, 9.17) is 4.74 Å². The summed E-state index contributed by atoms with van der Waals surface area (Å²) in [5.74, 6) is -1.21. The molecule has 7 heteroatoms. The van der Waals surface area contributed by atoms with Crippen molar-refractivity contribution >= 4 is 39.3 Å². The largest absolute Gasteiger partial charge is 0.451 e. The highest BCUT2D eigenvalue weighted by molar-refractivity contribution is 7.20. The molecule has 0 spiro atoms. The van der Waals surface area contributed by atoms with Crippen LogP contribution in [0.1, 0.15) is 35.4 Å². The van der Waals surface area contributed by atoms with Crippen molar-refractivity contribution in [2.75, 3.05) is 6.61 Å². The van der Waals surface area contributed by atoms with E-state index in [1.807, 2.05) is 24.3 Å². The first-order valence-electron chi connectivity index (χ1n) is 7.88. The van der Waals surface area contributed by atoms with Gasteiger partial charge in [-0.2, -0.15) is 0 Å². The summed E-state index contributed by atoms with van der Waals surface area (Å²) in [6, 6.07) is 8.92. The second-order valence-electron chi connectivity index (χ2n) is 5.73. The lowest BCUT2D eigenvalue weighted by molar-refractivity contribution is -0.123. The zero-order chi connectivity index (χ0) is 16.9. The fraction of sp³-hybridized carbons (Fsp3) is 0.353. The van der Waals surface area contributed by atoms with E-state index in [1.165, 1.54) is 11.3 Å². The molecule has 1 aliphatic carbocycles. The molecule has 0 radical (unpaired) electrons. The van der Waals surface area contributed by atoms with Gasteiger partial charge in [-0.15, -0.1) is 11.3 Å². The molecule has 24 heavy (non-hydrogen) atoms. The van der Waals surface area contributed by atoms with Crippen molar-refractivity contribution in [3.8, 4) is 0 Å². The summed E-state index contributed by atoms with van der Waals surface area (Å²) >= 11 is 1.31. The summed E-state index contributed by atoms with van der Waals surface area (Å²) in [5, 5.41) is 5.87. The number of imide groups is 1. The fourth-order valence-electron chi connectivity index (χ4n) is 2.74. The number of hydrogen-bond donors (Lipinski definition) is 2. The topological polar surface area (TPSA) is 84.5 Å².